The lowest BCUT2D eigenvalue weighted by Gasteiger charge is -2.07. The minimum Gasteiger partial charge on any atom is -0.478 e. The van der Waals surface area contributed by atoms with Crippen molar-refractivity contribution in [3.05, 3.63) is 23.5 Å². The molecule has 0 aliphatic heterocycles. The first kappa shape index (κ1) is 10.6. The molecule has 2 heterocycles. The maximum absolute atomic E-state index is 11.1. The lowest BCUT2D eigenvalue weighted by atomic mass is 10.1. The average molecular weight is 219 g/mol. The lowest BCUT2D eigenvalue weighted by molar-refractivity contribution is 0.0699. The third-order valence-electron chi connectivity index (χ3n) is 2.41. The highest BCUT2D eigenvalue weighted by Gasteiger charge is 2.15. The summed E-state index contributed by atoms with van der Waals surface area (Å²) in [5, 5.41) is 13.8. The molecule has 2 aromatic heterocycles. The highest BCUT2D eigenvalue weighted by atomic mass is 16.4. The first-order valence-corrected chi connectivity index (χ1v) is 5.09. The Hall–Kier alpha value is -1.91. The Bertz CT molecular complexity index is 558. The van der Waals surface area contributed by atoms with E-state index in [1.807, 2.05) is 13.8 Å². The molecule has 0 spiro atoms. The Morgan fingerprint density at radius 1 is 1.50 bits per heavy atom. The summed E-state index contributed by atoms with van der Waals surface area (Å²) >= 11 is 0. The minimum atomic E-state index is -0.946. The van der Waals surface area contributed by atoms with Crippen molar-refractivity contribution in [1.82, 2.24) is 14.8 Å². The molecule has 0 atom stereocenters. The first-order chi connectivity index (χ1) is 7.50. The molecule has 16 heavy (non-hydrogen) atoms. The molecule has 0 radical (unpaired) electrons. The number of aromatic carboxylic acids is 1. The van der Waals surface area contributed by atoms with Crippen LogP contribution >= 0.6 is 0 Å². The highest BCUT2D eigenvalue weighted by Crippen LogP contribution is 2.20. The largest absolute Gasteiger partial charge is 0.478 e. The van der Waals surface area contributed by atoms with Crippen LogP contribution in [-0.4, -0.2) is 25.8 Å². The van der Waals surface area contributed by atoms with Gasteiger partial charge in [-0.25, -0.2) is 14.5 Å². The van der Waals surface area contributed by atoms with E-state index in [-0.39, 0.29) is 11.6 Å². The second kappa shape index (κ2) is 3.59. The predicted molar refractivity (Wildman–Crippen MR) is 59.6 cm³/mol. The van der Waals surface area contributed by atoms with Gasteiger partial charge < -0.3 is 5.11 Å². The number of nitrogens with zero attached hydrogens (tertiary/aromatic N) is 3. The zero-order valence-electron chi connectivity index (χ0n) is 9.43. The Morgan fingerprint density at radius 2 is 2.19 bits per heavy atom. The SMILES string of the molecule is Cc1cc(C(=O)O)c2cnn(C(C)C)c2n1. The van der Waals surface area contributed by atoms with E-state index in [4.69, 9.17) is 5.11 Å². The van der Waals surface area contributed by atoms with Gasteiger partial charge in [0.15, 0.2) is 5.65 Å². The van der Waals surface area contributed by atoms with Crippen LogP contribution in [0.2, 0.25) is 0 Å². The number of aryl methyl sites for hydroxylation is 1. The molecule has 2 rings (SSSR count). The van der Waals surface area contributed by atoms with Crippen LogP contribution in [0.4, 0.5) is 0 Å². The van der Waals surface area contributed by atoms with Gasteiger partial charge >= 0.3 is 5.97 Å². The molecule has 0 saturated heterocycles. The molecule has 0 aliphatic rings. The van der Waals surface area contributed by atoms with Crippen LogP contribution in [0.15, 0.2) is 12.3 Å². The molecule has 5 heteroatoms. The molecule has 84 valence electrons. The van der Waals surface area contributed by atoms with E-state index in [9.17, 15) is 4.79 Å². The minimum absolute atomic E-state index is 0.161. The summed E-state index contributed by atoms with van der Waals surface area (Å²) in [6.07, 6.45) is 1.56. The van der Waals surface area contributed by atoms with E-state index in [1.165, 1.54) is 0 Å². The monoisotopic (exact) mass is 219 g/mol. The molecule has 0 aliphatic carbocycles. The molecule has 0 amide bonds. The van der Waals surface area contributed by atoms with Gasteiger partial charge in [-0.2, -0.15) is 5.10 Å². The zero-order chi connectivity index (χ0) is 11.9. The highest BCUT2D eigenvalue weighted by molar-refractivity contribution is 6.01. The van der Waals surface area contributed by atoms with E-state index in [1.54, 1.807) is 23.9 Å². The van der Waals surface area contributed by atoms with Crippen LogP contribution in [0.25, 0.3) is 11.0 Å². The number of rotatable bonds is 2. The van der Waals surface area contributed by atoms with E-state index in [0.717, 1.165) is 0 Å². The number of hydrogen-bond donors (Lipinski definition) is 1. The predicted octanol–water partition coefficient (Wildman–Crippen LogP) is 2.02. The number of fused-ring (bicyclic) bond motifs is 1. The van der Waals surface area contributed by atoms with Crippen LogP contribution in [-0.2, 0) is 0 Å². The fourth-order valence-corrected chi connectivity index (χ4v) is 1.70. The third-order valence-corrected chi connectivity index (χ3v) is 2.41. The van der Waals surface area contributed by atoms with Gasteiger partial charge in [0.05, 0.1) is 17.1 Å². The van der Waals surface area contributed by atoms with Crippen molar-refractivity contribution in [2.45, 2.75) is 26.8 Å². The Labute approximate surface area is 92.7 Å². The van der Waals surface area contributed by atoms with Gasteiger partial charge in [-0.3, -0.25) is 0 Å². The molecular weight excluding hydrogens is 206 g/mol. The standard InChI is InChI=1S/C11H13N3O2/c1-6(2)14-10-9(5-12-14)8(11(15)16)4-7(3)13-10/h4-6H,1-3H3,(H,15,16). The lowest BCUT2D eigenvalue weighted by Crippen LogP contribution is -2.05. The van der Waals surface area contributed by atoms with Gasteiger partial charge in [0.2, 0.25) is 0 Å². The van der Waals surface area contributed by atoms with Gasteiger partial charge in [0, 0.05) is 11.7 Å². The average Bonchev–Trinajstić information content (AvgIpc) is 2.59. The fraction of sp³-hybridized carbons (Fsp3) is 0.364. The van der Waals surface area contributed by atoms with E-state index in [2.05, 4.69) is 10.1 Å². The van der Waals surface area contributed by atoms with Crippen LogP contribution < -0.4 is 0 Å². The maximum Gasteiger partial charge on any atom is 0.336 e. The van der Waals surface area contributed by atoms with Gasteiger partial charge in [0.25, 0.3) is 0 Å². The van der Waals surface area contributed by atoms with Crippen molar-refractivity contribution >= 4 is 17.0 Å². The summed E-state index contributed by atoms with van der Waals surface area (Å²) in [6.45, 7) is 5.75. The van der Waals surface area contributed by atoms with Crippen LogP contribution in [0, 0.1) is 6.92 Å². The number of carboxylic acids is 1. The fourth-order valence-electron chi connectivity index (χ4n) is 1.70. The summed E-state index contributed by atoms with van der Waals surface area (Å²) in [6, 6.07) is 1.73. The van der Waals surface area contributed by atoms with Crippen LogP contribution in [0.5, 0.6) is 0 Å². The van der Waals surface area contributed by atoms with Gasteiger partial charge in [0.1, 0.15) is 0 Å². The molecule has 0 fully saturated rings. The summed E-state index contributed by atoms with van der Waals surface area (Å²) in [7, 11) is 0. The second-order valence-electron chi connectivity index (χ2n) is 4.04. The molecule has 5 nitrogen and oxygen atoms in total. The number of hydrogen-bond acceptors (Lipinski definition) is 3. The van der Waals surface area contributed by atoms with E-state index in [0.29, 0.717) is 16.7 Å². The number of carbonyl (C=O) groups is 1. The molecule has 0 bridgehead atoms. The van der Waals surface area contributed by atoms with Crippen molar-refractivity contribution in [3.63, 3.8) is 0 Å². The molecular formula is C11H13N3O2. The molecule has 0 unspecified atom stereocenters. The van der Waals surface area contributed by atoms with Crippen LogP contribution in [0.1, 0.15) is 35.9 Å². The van der Waals surface area contributed by atoms with Crippen molar-refractivity contribution in [3.8, 4) is 0 Å². The van der Waals surface area contributed by atoms with Crippen LogP contribution in [0.3, 0.4) is 0 Å². The summed E-state index contributed by atoms with van der Waals surface area (Å²) < 4.78 is 1.73. The summed E-state index contributed by atoms with van der Waals surface area (Å²) in [5.41, 5.74) is 1.58. The van der Waals surface area contributed by atoms with Gasteiger partial charge in [-0.1, -0.05) is 0 Å². The van der Waals surface area contributed by atoms with Crippen molar-refractivity contribution in [2.75, 3.05) is 0 Å². The summed E-state index contributed by atoms with van der Waals surface area (Å²) in [5.74, 6) is -0.946. The van der Waals surface area contributed by atoms with E-state index < -0.39 is 5.97 Å². The van der Waals surface area contributed by atoms with Crippen molar-refractivity contribution in [2.24, 2.45) is 0 Å². The topological polar surface area (TPSA) is 68.0 Å². The van der Waals surface area contributed by atoms with Gasteiger partial charge in [-0.15, -0.1) is 0 Å². The number of carboxylic acid groups (broad SMARTS) is 1. The smallest absolute Gasteiger partial charge is 0.336 e. The Morgan fingerprint density at radius 3 is 2.75 bits per heavy atom. The van der Waals surface area contributed by atoms with E-state index >= 15 is 0 Å². The number of aromatic nitrogens is 3. The zero-order valence-corrected chi connectivity index (χ0v) is 9.43. The quantitative estimate of drug-likeness (QED) is 0.839. The number of pyridine rings is 1. The summed E-state index contributed by atoms with van der Waals surface area (Å²) in [4.78, 5) is 15.4. The Balaban J connectivity index is 2.81. The Kier molecular flexibility index (Phi) is 2.38. The first-order valence-electron chi connectivity index (χ1n) is 5.09. The van der Waals surface area contributed by atoms with Crippen molar-refractivity contribution in [1.29, 1.82) is 0 Å². The van der Waals surface area contributed by atoms with Crippen molar-refractivity contribution < 1.29 is 9.90 Å². The molecule has 1 N–H and O–H groups in total. The molecule has 2 aromatic rings. The normalized spacial score (nSPS) is 11.2. The maximum atomic E-state index is 11.1. The van der Waals surface area contributed by atoms with Gasteiger partial charge in [-0.05, 0) is 26.8 Å². The molecule has 0 saturated carbocycles. The third kappa shape index (κ3) is 1.54. The molecule has 0 aromatic carbocycles. The second-order valence-corrected chi connectivity index (χ2v) is 4.04.